The number of carbonyl (C=O) groups excluding carboxylic acids is 3. The van der Waals surface area contributed by atoms with Gasteiger partial charge in [0.15, 0.2) is 5.78 Å². The van der Waals surface area contributed by atoms with Crippen LogP contribution in [-0.2, 0) is 0 Å². The van der Waals surface area contributed by atoms with Crippen molar-refractivity contribution in [2.24, 2.45) is 0 Å². The highest BCUT2D eigenvalue weighted by Gasteiger charge is 2.28. The number of hydrogen-bond acceptors (Lipinski definition) is 3. The molecule has 1 aliphatic carbocycles. The van der Waals surface area contributed by atoms with Gasteiger partial charge in [-0.3, -0.25) is 14.4 Å². The van der Waals surface area contributed by atoms with E-state index in [1.54, 1.807) is 36.5 Å². The van der Waals surface area contributed by atoms with Gasteiger partial charge in [-0.2, -0.15) is 13.2 Å². The van der Waals surface area contributed by atoms with Crippen molar-refractivity contribution in [3.63, 3.8) is 0 Å². The smallest absolute Gasteiger partial charge is 0.343 e. The van der Waals surface area contributed by atoms with Crippen LogP contribution in [0.4, 0.5) is 18.9 Å². The molecule has 0 unspecified atom stereocenters. The molecule has 0 aromatic heterocycles. The number of alkyl halides is 3. The predicted octanol–water partition coefficient (Wildman–Crippen LogP) is 4.75. The lowest BCUT2D eigenvalue weighted by atomic mass is 10.0. The van der Waals surface area contributed by atoms with Gasteiger partial charge in [0.05, 0.1) is 0 Å². The van der Waals surface area contributed by atoms with Crippen molar-refractivity contribution in [1.82, 2.24) is 5.32 Å². The fourth-order valence-corrected chi connectivity index (χ4v) is 3.54. The van der Waals surface area contributed by atoms with Gasteiger partial charge in [0, 0.05) is 27.9 Å². The average Bonchev–Trinajstić information content (AvgIpc) is 3.05. The van der Waals surface area contributed by atoms with Gasteiger partial charge >= 0.3 is 6.18 Å². The van der Waals surface area contributed by atoms with E-state index in [1.807, 2.05) is 12.1 Å². The maximum atomic E-state index is 12.8. The van der Waals surface area contributed by atoms with Crippen LogP contribution in [0.2, 0.25) is 0 Å². The van der Waals surface area contributed by atoms with Crippen molar-refractivity contribution in [3.8, 4) is 11.1 Å². The quantitative estimate of drug-likeness (QED) is 0.483. The van der Waals surface area contributed by atoms with Crippen molar-refractivity contribution in [2.45, 2.75) is 13.1 Å². The standard InChI is InChI=1S/C24H17F3N2O3/c1-13-6-7-15(22(31)28-12-24(25,26)27)11-20(13)29-23(32)14-8-9-17-16-4-2-3-5-18(16)21(30)19(17)10-14/h2-11H,12H2,1H3,(H,28,31)(H,29,32). The fourth-order valence-electron chi connectivity index (χ4n) is 3.54. The molecule has 1 aliphatic rings. The molecule has 5 nitrogen and oxygen atoms in total. The van der Waals surface area contributed by atoms with Crippen LogP contribution in [0.5, 0.6) is 0 Å². The van der Waals surface area contributed by atoms with Gasteiger partial charge in [-0.25, -0.2) is 0 Å². The first-order valence-electron chi connectivity index (χ1n) is 9.69. The molecule has 3 aromatic carbocycles. The van der Waals surface area contributed by atoms with Gasteiger partial charge < -0.3 is 10.6 Å². The normalized spacial score (nSPS) is 12.2. The minimum atomic E-state index is -4.53. The van der Waals surface area contributed by atoms with E-state index in [1.165, 1.54) is 24.3 Å². The summed E-state index contributed by atoms with van der Waals surface area (Å²) in [5.41, 5.74) is 3.70. The maximum Gasteiger partial charge on any atom is 0.405 e. The Morgan fingerprint density at radius 2 is 1.44 bits per heavy atom. The summed E-state index contributed by atoms with van der Waals surface area (Å²) in [6.45, 7) is 0.239. The van der Waals surface area contributed by atoms with Gasteiger partial charge in [-0.15, -0.1) is 0 Å². The van der Waals surface area contributed by atoms with E-state index in [2.05, 4.69) is 5.32 Å². The van der Waals surface area contributed by atoms with Gasteiger partial charge in [0.2, 0.25) is 0 Å². The highest BCUT2D eigenvalue weighted by atomic mass is 19.4. The van der Waals surface area contributed by atoms with Crippen LogP contribution in [0.15, 0.2) is 60.7 Å². The molecule has 0 spiro atoms. The zero-order valence-corrected chi connectivity index (χ0v) is 16.8. The number of halogens is 3. The molecule has 2 amide bonds. The number of anilines is 1. The summed E-state index contributed by atoms with van der Waals surface area (Å²) in [6, 6.07) is 16.2. The predicted molar refractivity (Wildman–Crippen MR) is 113 cm³/mol. The molecular formula is C24H17F3N2O3. The summed E-state index contributed by atoms with van der Waals surface area (Å²) in [5, 5.41) is 4.47. The number of amides is 2. The van der Waals surface area contributed by atoms with Crippen molar-refractivity contribution < 1.29 is 27.6 Å². The molecule has 32 heavy (non-hydrogen) atoms. The Balaban J connectivity index is 1.55. The first kappa shape index (κ1) is 21.3. The second-order valence-electron chi connectivity index (χ2n) is 7.42. The third kappa shape index (κ3) is 4.12. The Morgan fingerprint density at radius 3 is 2.16 bits per heavy atom. The molecule has 0 aliphatic heterocycles. The number of carbonyl (C=O) groups is 3. The van der Waals surface area contributed by atoms with Crippen LogP contribution in [0, 0.1) is 6.92 Å². The number of nitrogens with one attached hydrogen (secondary N) is 2. The van der Waals surface area contributed by atoms with Gasteiger partial charge in [-0.1, -0.05) is 36.4 Å². The van der Waals surface area contributed by atoms with Gasteiger partial charge in [0.25, 0.3) is 11.8 Å². The largest absolute Gasteiger partial charge is 0.405 e. The lowest BCUT2D eigenvalue weighted by Gasteiger charge is -2.12. The molecule has 0 atom stereocenters. The van der Waals surface area contributed by atoms with E-state index in [4.69, 9.17) is 0 Å². The lowest BCUT2D eigenvalue weighted by molar-refractivity contribution is -0.123. The van der Waals surface area contributed by atoms with E-state index in [0.717, 1.165) is 11.1 Å². The van der Waals surface area contributed by atoms with Gasteiger partial charge in [-0.05, 0) is 47.9 Å². The van der Waals surface area contributed by atoms with Crippen LogP contribution in [0.25, 0.3) is 11.1 Å². The molecule has 0 fully saturated rings. The second kappa shape index (κ2) is 7.96. The second-order valence-corrected chi connectivity index (χ2v) is 7.42. The zero-order valence-electron chi connectivity index (χ0n) is 16.8. The molecule has 0 bridgehead atoms. The van der Waals surface area contributed by atoms with E-state index in [9.17, 15) is 27.6 Å². The number of ketones is 1. The summed E-state index contributed by atoms with van der Waals surface area (Å²) < 4.78 is 37.0. The topological polar surface area (TPSA) is 75.3 Å². The van der Waals surface area contributed by atoms with Crippen molar-refractivity contribution in [3.05, 3.63) is 88.5 Å². The summed E-state index contributed by atoms with van der Waals surface area (Å²) in [5.74, 6) is -1.57. The number of benzene rings is 3. The van der Waals surface area contributed by atoms with Crippen LogP contribution in [0.3, 0.4) is 0 Å². The summed E-state index contributed by atoms with van der Waals surface area (Å²) in [4.78, 5) is 37.5. The Kier molecular flexibility index (Phi) is 5.30. The van der Waals surface area contributed by atoms with E-state index >= 15 is 0 Å². The van der Waals surface area contributed by atoms with Crippen molar-refractivity contribution in [2.75, 3.05) is 11.9 Å². The molecule has 162 valence electrons. The Morgan fingerprint density at radius 1 is 0.812 bits per heavy atom. The number of hydrogen-bond donors (Lipinski definition) is 2. The third-order valence-electron chi connectivity index (χ3n) is 5.19. The molecule has 4 rings (SSSR count). The van der Waals surface area contributed by atoms with E-state index < -0.39 is 24.5 Å². The Bertz CT molecular complexity index is 1270. The molecule has 0 radical (unpaired) electrons. The number of aryl methyl sites for hydroxylation is 1. The van der Waals surface area contributed by atoms with Crippen molar-refractivity contribution >= 4 is 23.3 Å². The highest BCUT2D eigenvalue weighted by molar-refractivity contribution is 6.22. The number of rotatable bonds is 4. The first-order chi connectivity index (χ1) is 15.1. The summed E-state index contributed by atoms with van der Waals surface area (Å²) in [6.07, 6.45) is -4.53. The Labute approximate surface area is 181 Å². The highest BCUT2D eigenvalue weighted by Crippen LogP contribution is 2.36. The van der Waals surface area contributed by atoms with Crippen LogP contribution in [-0.4, -0.2) is 30.3 Å². The van der Waals surface area contributed by atoms with Crippen LogP contribution >= 0.6 is 0 Å². The minimum Gasteiger partial charge on any atom is -0.343 e. The summed E-state index contributed by atoms with van der Waals surface area (Å²) >= 11 is 0. The number of fused-ring (bicyclic) bond motifs is 3. The molecule has 8 heteroatoms. The molecule has 0 saturated heterocycles. The average molecular weight is 438 g/mol. The van der Waals surface area contributed by atoms with Gasteiger partial charge in [0.1, 0.15) is 6.54 Å². The first-order valence-corrected chi connectivity index (χ1v) is 9.69. The Hall–Kier alpha value is -3.94. The summed E-state index contributed by atoms with van der Waals surface area (Å²) in [7, 11) is 0. The fraction of sp³-hybridized carbons (Fsp3) is 0.125. The van der Waals surface area contributed by atoms with Crippen LogP contribution < -0.4 is 10.6 Å². The maximum absolute atomic E-state index is 12.8. The molecule has 3 aromatic rings. The molecule has 0 heterocycles. The molecular weight excluding hydrogens is 421 g/mol. The zero-order chi connectivity index (χ0) is 23.0. The van der Waals surface area contributed by atoms with E-state index in [-0.39, 0.29) is 22.6 Å². The van der Waals surface area contributed by atoms with Crippen LogP contribution in [0.1, 0.15) is 42.2 Å². The van der Waals surface area contributed by atoms with E-state index in [0.29, 0.717) is 16.7 Å². The monoisotopic (exact) mass is 438 g/mol. The molecule has 0 saturated carbocycles. The lowest BCUT2D eigenvalue weighted by Crippen LogP contribution is -2.33. The van der Waals surface area contributed by atoms with Crippen molar-refractivity contribution in [1.29, 1.82) is 0 Å². The third-order valence-corrected chi connectivity index (χ3v) is 5.19. The minimum absolute atomic E-state index is 0.0188. The molecule has 2 N–H and O–H groups in total. The SMILES string of the molecule is Cc1ccc(C(=O)NCC(F)(F)F)cc1NC(=O)c1ccc2c(c1)C(=O)c1ccccc1-2.